The van der Waals surface area contributed by atoms with Crippen molar-refractivity contribution in [1.29, 1.82) is 0 Å². The molecule has 0 radical (unpaired) electrons. The van der Waals surface area contributed by atoms with Gasteiger partial charge < -0.3 is 10.1 Å². The summed E-state index contributed by atoms with van der Waals surface area (Å²) in [6, 6.07) is 9.89. The van der Waals surface area contributed by atoms with E-state index in [1.165, 1.54) is 19.4 Å². The van der Waals surface area contributed by atoms with Gasteiger partial charge in [0.1, 0.15) is 5.15 Å². The Kier molecular flexibility index (Phi) is 4.90. The maximum Gasteiger partial charge on any atom is 0.337 e. The number of hydrogen-bond acceptors (Lipinski definition) is 4. The zero-order valence-electron chi connectivity index (χ0n) is 11.3. The van der Waals surface area contributed by atoms with E-state index >= 15 is 0 Å². The molecular weight excluding hydrogens is 292 g/mol. The van der Waals surface area contributed by atoms with Gasteiger partial charge in [0.2, 0.25) is 0 Å². The number of nitrogens with one attached hydrogen (secondary N) is 1. The van der Waals surface area contributed by atoms with Crippen LogP contribution in [0, 0.1) is 0 Å². The molecule has 2 aromatic rings. The molecule has 0 atom stereocenters. The SMILES string of the molecule is COC(=O)c1ccc(CNC(=O)c2ccnc(Cl)c2)cc1. The van der Waals surface area contributed by atoms with Crippen LogP contribution in [0.3, 0.4) is 0 Å². The topological polar surface area (TPSA) is 68.3 Å². The van der Waals surface area contributed by atoms with Crippen LogP contribution in [0.25, 0.3) is 0 Å². The first-order chi connectivity index (χ1) is 10.1. The van der Waals surface area contributed by atoms with Gasteiger partial charge in [-0.15, -0.1) is 0 Å². The quantitative estimate of drug-likeness (QED) is 0.696. The first-order valence-electron chi connectivity index (χ1n) is 6.17. The Morgan fingerprint density at radius 2 is 1.90 bits per heavy atom. The normalized spacial score (nSPS) is 10.0. The highest BCUT2D eigenvalue weighted by Crippen LogP contribution is 2.08. The van der Waals surface area contributed by atoms with E-state index in [9.17, 15) is 9.59 Å². The van der Waals surface area contributed by atoms with Crippen LogP contribution < -0.4 is 5.32 Å². The van der Waals surface area contributed by atoms with E-state index in [2.05, 4.69) is 15.0 Å². The van der Waals surface area contributed by atoms with E-state index in [4.69, 9.17) is 11.6 Å². The lowest BCUT2D eigenvalue weighted by molar-refractivity contribution is 0.0600. The number of nitrogens with zero attached hydrogens (tertiary/aromatic N) is 1. The van der Waals surface area contributed by atoms with Crippen molar-refractivity contribution in [2.24, 2.45) is 0 Å². The molecule has 0 aliphatic carbocycles. The number of hydrogen-bond donors (Lipinski definition) is 1. The second-order valence-corrected chi connectivity index (χ2v) is 4.63. The number of esters is 1. The van der Waals surface area contributed by atoms with Crippen LogP contribution in [0.2, 0.25) is 5.15 Å². The second kappa shape index (κ2) is 6.85. The summed E-state index contributed by atoms with van der Waals surface area (Å²) < 4.78 is 4.62. The molecule has 5 nitrogen and oxygen atoms in total. The van der Waals surface area contributed by atoms with Crippen molar-refractivity contribution in [3.8, 4) is 0 Å². The molecule has 108 valence electrons. The van der Waals surface area contributed by atoms with Gasteiger partial charge in [0.15, 0.2) is 0 Å². The van der Waals surface area contributed by atoms with Gasteiger partial charge in [-0.3, -0.25) is 4.79 Å². The van der Waals surface area contributed by atoms with Crippen molar-refractivity contribution < 1.29 is 14.3 Å². The van der Waals surface area contributed by atoms with Gasteiger partial charge in [-0.25, -0.2) is 9.78 Å². The third-order valence-corrected chi connectivity index (χ3v) is 3.02. The Bertz CT molecular complexity index is 656. The van der Waals surface area contributed by atoms with Gasteiger partial charge in [0.05, 0.1) is 12.7 Å². The molecule has 0 unspecified atom stereocenters. The van der Waals surface area contributed by atoms with Crippen LogP contribution in [0.1, 0.15) is 26.3 Å². The summed E-state index contributed by atoms with van der Waals surface area (Å²) in [4.78, 5) is 27.0. The van der Waals surface area contributed by atoms with Crippen LogP contribution in [0.15, 0.2) is 42.6 Å². The average Bonchev–Trinajstić information content (AvgIpc) is 2.52. The molecule has 2 rings (SSSR count). The molecule has 21 heavy (non-hydrogen) atoms. The molecular formula is C15H13ClN2O3. The van der Waals surface area contributed by atoms with Gasteiger partial charge in [0.25, 0.3) is 5.91 Å². The highest BCUT2D eigenvalue weighted by Gasteiger charge is 2.07. The Balaban J connectivity index is 1.97. The maximum atomic E-state index is 11.9. The van der Waals surface area contributed by atoms with E-state index in [1.54, 1.807) is 30.3 Å². The van der Waals surface area contributed by atoms with Crippen molar-refractivity contribution in [1.82, 2.24) is 10.3 Å². The van der Waals surface area contributed by atoms with Crippen LogP contribution >= 0.6 is 11.6 Å². The number of ether oxygens (including phenoxy) is 1. The minimum absolute atomic E-state index is 0.239. The fourth-order valence-electron chi connectivity index (χ4n) is 1.70. The number of benzene rings is 1. The van der Waals surface area contributed by atoms with Crippen LogP contribution in [-0.4, -0.2) is 24.0 Å². The molecule has 0 saturated heterocycles. The van der Waals surface area contributed by atoms with Crippen molar-refractivity contribution >= 4 is 23.5 Å². The molecule has 1 aromatic heterocycles. The fraction of sp³-hybridized carbons (Fsp3) is 0.133. The Morgan fingerprint density at radius 3 is 2.52 bits per heavy atom. The zero-order chi connectivity index (χ0) is 15.2. The first kappa shape index (κ1) is 15.0. The summed E-state index contributed by atoms with van der Waals surface area (Å²) in [5.41, 5.74) is 1.78. The number of amides is 1. The molecule has 1 aromatic carbocycles. The second-order valence-electron chi connectivity index (χ2n) is 4.24. The number of carbonyl (C=O) groups excluding carboxylic acids is 2. The van der Waals surface area contributed by atoms with Gasteiger partial charge in [0, 0.05) is 18.3 Å². The number of pyridine rings is 1. The molecule has 0 aliphatic heterocycles. The van der Waals surface area contributed by atoms with Gasteiger partial charge in [-0.2, -0.15) is 0 Å². The molecule has 6 heteroatoms. The highest BCUT2D eigenvalue weighted by molar-refractivity contribution is 6.29. The zero-order valence-corrected chi connectivity index (χ0v) is 12.1. The summed E-state index contributed by atoms with van der Waals surface area (Å²) in [6.45, 7) is 0.347. The molecule has 0 saturated carbocycles. The molecule has 0 fully saturated rings. The van der Waals surface area contributed by atoms with E-state index in [1.807, 2.05) is 0 Å². The molecule has 0 spiro atoms. The van der Waals surface area contributed by atoms with Crippen molar-refractivity contribution in [3.05, 3.63) is 64.4 Å². The Hall–Kier alpha value is -2.40. The molecule has 1 amide bonds. The third-order valence-electron chi connectivity index (χ3n) is 2.82. The number of methoxy groups -OCH3 is 1. The lowest BCUT2D eigenvalue weighted by Crippen LogP contribution is -2.22. The number of halogens is 1. The monoisotopic (exact) mass is 304 g/mol. The smallest absolute Gasteiger partial charge is 0.337 e. The van der Waals surface area contributed by atoms with E-state index in [0.717, 1.165) is 5.56 Å². The van der Waals surface area contributed by atoms with Crippen LogP contribution in [-0.2, 0) is 11.3 Å². The summed E-state index contributed by atoms with van der Waals surface area (Å²) >= 11 is 5.73. The third kappa shape index (κ3) is 4.03. The Morgan fingerprint density at radius 1 is 1.19 bits per heavy atom. The number of carbonyl (C=O) groups is 2. The molecule has 0 bridgehead atoms. The lowest BCUT2D eigenvalue weighted by Gasteiger charge is -2.06. The van der Waals surface area contributed by atoms with Crippen LogP contribution in [0.5, 0.6) is 0 Å². The largest absolute Gasteiger partial charge is 0.465 e. The first-order valence-corrected chi connectivity index (χ1v) is 6.55. The molecule has 1 heterocycles. The van der Waals surface area contributed by atoms with Gasteiger partial charge in [-0.1, -0.05) is 23.7 Å². The fourth-order valence-corrected chi connectivity index (χ4v) is 1.88. The average molecular weight is 305 g/mol. The summed E-state index contributed by atoms with van der Waals surface area (Å²) in [7, 11) is 1.33. The van der Waals surface area contributed by atoms with Crippen LogP contribution in [0.4, 0.5) is 0 Å². The molecule has 1 N–H and O–H groups in total. The molecule has 0 aliphatic rings. The predicted octanol–water partition coefficient (Wildman–Crippen LogP) is 2.45. The Labute approximate surface area is 126 Å². The van der Waals surface area contributed by atoms with Crippen molar-refractivity contribution in [2.45, 2.75) is 6.54 Å². The minimum atomic E-state index is -0.392. The number of aromatic nitrogens is 1. The van der Waals surface area contributed by atoms with Crippen molar-refractivity contribution in [2.75, 3.05) is 7.11 Å². The van der Waals surface area contributed by atoms with E-state index < -0.39 is 5.97 Å². The highest BCUT2D eigenvalue weighted by atomic mass is 35.5. The van der Waals surface area contributed by atoms with Gasteiger partial charge in [-0.05, 0) is 29.8 Å². The van der Waals surface area contributed by atoms with Gasteiger partial charge >= 0.3 is 5.97 Å². The predicted molar refractivity (Wildman–Crippen MR) is 78.2 cm³/mol. The summed E-state index contributed by atoms with van der Waals surface area (Å²) in [5.74, 6) is -0.631. The standard InChI is InChI=1S/C15H13ClN2O3/c1-21-15(20)11-4-2-10(3-5-11)9-18-14(19)12-6-7-17-13(16)8-12/h2-8H,9H2,1H3,(H,18,19). The minimum Gasteiger partial charge on any atom is -0.465 e. The maximum absolute atomic E-state index is 11.9. The van der Waals surface area contributed by atoms with E-state index in [-0.39, 0.29) is 11.1 Å². The van der Waals surface area contributed by atoms with E-state index in [0.29, 0.717) is 17.7 Å². The van der Waals surface area contributed by atoms with Crippen molar-refractivity contribution in [3.63, 3.8) is 0 Å². The lowest BCUT2D eigenvalue weighted by atomic mass is 10.1. The number of rotatable bonds is 4. The summed E-state index contributed by atoms with van der Waals surface area (Å²) in [6.07, 6.45) is 1.47. The summed E-state index contributed by atoms with van der Waals surface area (Å²) in [5, 5.41) is 3.03.